The molecule has 6 nitrogen and oxygen atoms in total. The zero-order chi connectivity index (χ0) is 14.7. The van der Waals surface area contributed by atoms with Gasteiger partial charge in [-0.05, 0) is 12.8 Å². The molecule has 114 valence electrons. The minimum absolute atomic E-state index is 0.0253. The van der Waals surface area contributed by atoms with Crippen molar-refractivity contribution >= 4 is 11.8 Å². The first-order chi connectivity index (χ1) is 9.47. The van der Waals surface area contributed by atoms with Crippen LogP contribution in [-0.4, -0.2) is 83.0 Å². The summed E-state index contributed by atoms with van der Waals surface area (Å²) in [5.41, 5.74) is 0. The predicted molar refractivity (Wildman–Crippen MR) is 75.1 cm³/mol. The predicted octanol–water partition coefficient (Wildman–Crippen LogP) is -0.478. The average molecular weight is 283 g/mol. The molecule has 0 aromatic heterocycles. The van der Waals surface area contributed by atoms with E-state index >= 15 is 0 Å². The second kappa shape index (κ2) is 6.54. The molecule has 0 saturated carbocycles. The summed E-state index contributed by atoms with van der Waals surface area (Å²) in [4.78, 5) is 28.7. The first-order valence-corrected chi connectivity index (χ1v) is 7.40. The van der Waals surface area contributed by atoms with Gasteiger partial charge in [0, 0.05) is 59.2 Å². The van der Waals surface area contributed by atoms with E-state index in [9.17, 15) is 14.7 Å². The monoisotopic (exact) mass is 283 g/mol. The number of aliphatic hydroxyl groups is 1. The van der Waals surface area contributed by atoms with Crippen LogP contribution in [0.2, 0.25) is 0 Å². The molecule has 0 aliphatic carbocycles. The number of aliphatic hydroxyl groups excluding tert-OH is 1. The number of nitrogens with zero attached hydrogens (tertiary/aromatic N) is 3. The molecule has 2 aliphatic heterocycles. The molecule has 0 radical (unpaired) electrons. The molecular weight excluding hydrogens is 258 g/mol. The van der Waals surface area contributed by atoms with Gasteiger partial charge in [0.05, 0.1) is 6.10 Å². The van der Waals surface area contributed by atoms with Crippen LogP contribution in [0.3, 0.4) is 0 Å². The van der Waals surface area contributed by atoms with Crippen LogP contribution in [0.5, 0.6) is 0 Å². The van der Waals surface area contributed by atoms with E-state index in [0.717, 1.165) is 32.5 Å². The van der Waals surface area contributed by atoms with Gasteiger partial charge < -0.3 is 14.9 Å². The number of carbonyl (C=O) groups excluding carboxylic acids is 2. The first kappa shape index (κ1) is 15.3. The van der Waals surface area contributed by atoms with Gasteiger partial charge in [0.2, 0.25) is 11.8 Å². The standard InChI is InChI=1S/C14H25N3O3/c1-11(18)15-5-3-13(4-6-15)17-8-7-16(12(2)19)9-14(20)10-17/h13-14,20H,3-10H2,1-2H3. The summed E-state index contributed by atoms with van der Waals surface area (Å²) in [6.07, 6.45) is 1.42. The van der Waals surface area contributed by atoms with Gasteiger partial charge in [-0.25, -0.2) is 0 Å². The van der Waals surface area contributed by atoms with E-state index in [2.05, 4.69) is 4.90 Å². The fourth-order valence-electron chi connectivity index (χ4n) is 3.18. The highest BCUT2D eigenvalue weighted by molar-refractivity contribution is 5.73. The Hall–Kier alpha value is -1.14. The molecule has 0 bridgehead atoms. The van der Waals surface area contributed by atoms with Gasteiger partial charge in [0.25, 0.3) is 0 Å². The molecule has 0 aromatic carbocycles. The fraction of sp³-hybridized carbons (Fsp3) is 0.857. The molecule has 1 N–H and O–H groups in total. The SMILES string of the molecule is CC(=O)N1CCC(N2CCN(C(C)=O)CC(O)C2)CC1. The van der Waals surface area contributed by atoms with Crippen molar-refractivity contribution in [3.63, 3.8) is 0 Å². The molecule has 20 heavy (non-hydrogen) atoms. The van der Waals surface area contributed by atoms with Crippen LogP contribution < -0.4 is 0 Å². The zero-order valence-corrected chi connectivity index (χ0v) is 12.4. The van der Waals surface area contributed by atoms with Crippen molar-refractivity contribution in [3.8, 4) is 0 Å². The summed E-state index contributed by atoms with van der Waals surface area (Å²) in [5, 5.41) is 10.0. The van der Waals surface area contributed by atoms with Crippen LogP contribution in [0.1, 0.15) is 26.7 Å². The van der Waals surface area contributed by atoms with E-state index in [-0.39, 0.29) is 11.8 Å². The van der Waals surface area contributed by atoms with Crippen molar-refractivity contribution in [2.24, 2.45) is 0 Å². The second-order valence-electron chi connectivity index (χ2n) is 5.85. The summed E-state index contributed by atoms with van der Waals surface area (Å²) in [7, 11) is 0. The second-order valence-corrected chi connectivity index (χ2v) is 5.85. The minimum atomic E-state index is -0.479. The molecule has 2 saturated heterocycles. The maximum Gasteiger partial charge on any atom is 0.219 e. The van der Waals surface area contributed by atoms with Gasteiger partial charge in [0.15, 0.2) is 0 Å². The highest BCUT2D eigenvalue weighted by Gasteiger charge is 2.30. The lowest BCUT2D eigenvalue weighted by molar-refractivity contribution is -0.131. The van der Waals surface area contributed by atoms with Gasteiger partial charge >= 0.3 is 0 Å². The summed E-state index contributed by atoms with van der Waals surface area (Å²) >= 11 is 0. The molecular formula is C14H25N3O3. The van der Waals surface area contributed by atoms with Crippen LogP contribution in [0, 0.1) is 0 Å². The van der Waals surface area contributed by atoms with Crippen LogP contribution in [0.15, 0.2) is 0 Å². The maximum absolute atomic E-state index is 11.5. The number of likely N-dealkylation sites (tertiary alicyclic amines) is 1. The van der Waals surface area contributed by atoms with E-state index in [0.29, 0.717) is 25.7 Å². The number of rotatable bonds is 1. The molecule has 0 spiro atoms. The van der Waals surface area contributed by atoms with Crippen molar-refractivity contribution in [2.75, 3.05) is 39.3 Å². The van der Waals surface area contributed by atoms with Crippen molar-refractivity contribution in [2.45, 2.75) is 38.8 Å². The van der Waals surface area contributed by atoms with Gasteiger partial charge in [-0.1, -0.05) is 0 Å². The number of piperidine rings is 1. The smallest absolute Gasteiger partial charge is 0.219 e. The Kier molecular flexibility index (Phi) is 4.99. The molecule has 6 heteroatoms. The van der Waals surface area contributed by atoms with Crippen molar-refractivity contribution in [3.05, 3.63) is 0 Å². The minimum Gasteiger partial charge on any atom is -0.390 e. The third-order valence-corrected chi connectivity index (χ3v) is 4.41. The lowest BCUT2D eigenvalue weighted by Crippen LogP contribution is -2.48. The quantitative estimate of drug-likeness (QED) is 0.706. The molecule has 2 fully saturated rings. The highest BCUT2D eigenvalue weighted by Crippen LogP contribution is 2.18. The number of hydrogen-bond acceptors (Lipinski definition) is 4. The van der Waals surface area contributed by atoms with Crippen LogP contribution in [0.4, 0.5) is 0 Å². The fourth-order valence-corrected chi connectivity index (χ4v) is 3.18. The lowest BCUT2D eigenvalue weighted by Gasteiger charge is -2.38. The molecule has 2 heterocycles. The van der Waals surface area contributed by atoms with Crippen LogP contribution in [0.25, 0.3) is 0 Å². The number of amides is 2. The maximum atomic E-state index is 11.5. The number of carbonyl (C=O) groups is 2. The Bertz CT molecular complexity index is 367. The number of hydrogen-bond donors (Lipinski definition) is 1. The van der Waals surface area contributed by atoms with Gasteiger partial charge in [-0.3, -0.25) is 14.5 Å². The third-order valence-electron chi connectivity index (χ3n) is 4.41. The Morgan fingerprint density at radius 3 is 2.05 bits per heavy atom. The Balaban J connectivity index is 1.90. The molecule has 2 rings (SSSR count). The average Bonchev–Trinajstić information content (AvgIpc) is 2.61. The van der Waals surface area contributed by atoms with E-state index in [4.69, 9.17) is 0 Å². The first-order valence-electron chi connectivity index (χ1n) is 7.40. The third kappa shape index (κ3) is 3.70. The summed E-state index contributed by atoms with van der Waals surface area (Å²) in [5.74, 6) is 0.166. The van der Waals surface area contributed by atoms with E-state index in [1.165, 1.54) is 0 Å². The molecule has 1 unspecified atom stereocenters. The Morgan fingerprint density at radius 2 is 1.50 bits per heavy atom. The largest absolute Gasteiger partial charge is 0.390 e. The van der Waals surface area contributed by atoms with Crippen molar-refractivity contribution < 1.29 is 14.7 Å². The number of β-amino-alcohol motifs (C(OH)–C–C–N with tert-alkyl or cyclic N) is 1. The lowest BCUT2D eigenvalue weighted by atomic mass is 10.0. The van der Waals surface area contributed by atoms with Crippen molar-refractivity contribution in [1.29, 1.82) is 0 Å². The van der Waals surface area contributed by atoms with E-state index in [1.807, 2.05) is 4.90 Å². The van der Waals surface area contributed by atoms with E-state index in [1.54, 1.807) is 18.7 Å². The summed E-state index contributed by atoms with van der Waals surface area (Å²) < 4.78 is 0. The Labute approximate surface area is 120 Å². The van der Waals surface area contributed by atoms with Crippen LogP contribution >= 0.6 is 0 Å². The topological polar surface area (TPSA) is 64.1 Å². The molecule has 1 atom stereocenters. The highest BCUT2D eigenvalue weighted by atomic mass is 16.3. The zero-order valence-electron chi connectivity index (χ0n) is 12.4. The van der Waals surface area contributed by atoms with Gasteiger partial charge in [-0.15, -0.1) is 0 Å². The van der Waals surface area contributed by atoms with Gasteiger partial charge in [-0.2, -0.15) is 0 Å². The molecule has 2 amide bonds. The Morgan fingerprint density at radius 1 is 0.900 bits per heavy atom. The van der Waals surface area contributed by atoms with Gasteiger partial charge in [0.1, 0.15) is 0 Å². The van der Waals surface area contributed by atoms with E-state index < -0.39 is 6.10 Å². The summed E-state index contributed by atoms with van der Waals surface area (Å²) in [6, 6.07) is 0.409. The van der Waals surface area contributed by atoms with Crippen molar-refractivity contribution in [1.82, 2.24) is 14.7 Å². The van der Waals surface area contributed by atoms with Crippen LogP contribution in [-0.2, 0) is 9.59 Å². The summed E-state index contributed by atoms with van der Waals surface area (Å²) in [6.45, 7) is 7.29. The molecule has 2 aliphatic rings. The molecule has 0 aromatic rings. The normalized spacial score (nSPS) is 26.4.